The van der Waals surface area contributed by atoms with Gasteiger partial charge in [0.25, 0.3) is 10.0 Å². The van der Waals surface area contributed by atoms with Crippen LogP contribution in [0.1, 0.15) is 31.3 Å². The van der Waals surface area contributed by atoms with Gasteiger partial charge >= 0.3 is 5.97 Å². The van der Waals surface area contributed by atoms with Crippen LogP contribution in [0.4, 0.5) is 0 Å². The van der Waals surface area contributed by atoms with Crippen molar-refractivity contribution in [3.8, 4) is 5.75 Å². The van der Waals surface area contributed by atoms with Crippen molar-refractivity contribution in [1.82, 2.24) is 3.97 Å². The van der Waals surface area contributed by atoms with Crippen molar-refractivity contribution in [3.63, 3.8) is 0 Å². The van der Waals surface area contributed by atoms with Crippen LogP contribution in [0.5, 0.6) is 5.75 Å². The quantitative estimate of drug-likeness (QED) is 0.202. The molecule has 0 N–H and O–H groups in total. The second-order valence-corrected chi connectivity index (χ2v) is 11.5. The van der Waals surface area contributed by atoms with Gasteiger partial charge in [-0.3, -0.25) is 0 Å². The molecule has 1 aromatic heterocycles. The Labute approximate surface area is 223 Å². The van der Waals surface area contributed by atoms with Gasteiger partial charge in [-0.05, 0) is 49.4 Å². The molecule has 4 aromatic rings. The highest BCUT2D eigenvalue weighted by Crippen LogP contribution is 2.42. The lowest BCUT2D eigenvalue weighted by Crippen LogP contribution is -2.26. The number of fused-ring (bicyclic) bond motifs is 1. The molecule has 0 radical (unpaired) electrons. The molecule has 0 aliphatic carbocycles. The minimum atomic E-state index is -4.19. The number of ether oxygens (including phenoxy) is 2. The van der Waals surface area contributed by atoms with Crippen LogP contribution in [-0.2, 0) is 19.3 Å². The van der Waals surface area contributed by atoms with E-state index in [4.69, 9.17) is 25.6 Å². The fraction of sp³-hybridized carbons (Fsp3) is 0.222. The molecular formula is C27H29ClNO6PS. The maximum absolute atomic E-state index is 13.9. The number of carbonyl (C=O) groups excluding carboxylic acids is 1. The molecule has 1 atom stereocenters. The summed E-state index contributed by atoms with van der Waals surface area (Å²) in [6, 6.07) is 20.0. The number of esters is 1. The Balaban J connectivity index is 0.00000186. The van der Waals surface area contributed by atoms with Crippen molar-refractivity contribution in [2.24, 2.45) is 0 Å². The van der Waals surface area contributed by atoms with Crippen LogP contribution in [0.2, 0.25) is 5.02 Å². The van der Waals surface area contributed by atoms with Crippen LogP contribution in [-0.4, -0.2) is 39.2 Å². The van der Waals surface area contributed by atoms with E-state index in [2.05, 4.69) is 0 Å². The number of benzene rings is 3. The summed E-state index contributed by atoms with van der Waals surface area (Å²) in [5.74, 6) is -0.176. The number of nitrogens with zero attached hydrogens (tertiary/aromatic N) is 1. The summed E-state index contributed by atoms with van der Waals surface area (Å²) in [4.78, 5) is 13.4. The number of aromatic nitrogens is 1. The lowest BCUT2D eigenvalue weighted by atomic mass is 10.2. The standard InChI is InChI=1S/C25H23ClNO6PS.C2H6/c1-4-33-25(28)23-24(34(32-3)19-10-8-9-18(16-19)31-2)21-15-17(26)13-14-22(21)27(23)35(29,30)20-11-6-5-7-12-20;1-2/h5-16H,4H2,1-3H3;1-2H3. The second-order valence-electron chi connectivity index (χ2n) is 7.34. The maximum Gasteiger partial charge on any atom is 0.356 e. The Morgan fingerprint density at radius 1 is 0.973 bits per heavy atom. The number of halogens is 1. The molecule has 1 heterocycles. The molecule has 0 fully saturated rings. The molecule has 0 saturated carbocycles. The molecule has 4 rings (SSSR count). The van der Waals surface area contributed by atoms with E-state index < -0.39 is 24.1 Å². The van der Waals surface area contributed by atoms with Crippen LogP contribution in [0, 0.1) is 0 Å². The van der Waals surface area contributed by atoms with E-state index in [-0.39, 0.29) is 17.2 Å². The molecule has 0 aliphatic heterocycles. The Bertz CT molecular complexity index is 1490. The molecule has 10 heteroatoms. The van der Waals surface area contributed by atoms with Crippen LogP contribution >= 0.6 is 19.7 Å². The fourth-order valence-corrected chi connectivity index (χ4v) is 7.49. The van der Waals surface area contributed by atoms with Crippen LogP contribution in [0.3, 0.4) is 0 Å². The zero-order valence-corrected chi connectivity index (χ0v) is 23.7. The van der Waals surface area contributed by atoms with E-state index in [9.17, 15) is 13.2 Å². The Morgan fingerprint density at radius 2 is 1.68 bits per heavy atom. The first-order chi connectivity index (χ1) is 17.8. The van der Waals surface area contributed by atoms with Crippen LogP contribution < -0.4 is 15.3 Å². The van der Waals surface area contributed by atoms with Gasteiger partial charge in [0.2, 0.25) is 0 Å². The molecule has 7 nitrogen and oxygen atoms in total. The summed E-state index contributed by atoms with van der Waals surface area (Å²) < 4.78 is 45.5. The first-order valence-corrected chi connectivity index (χ1v) is 14.7. The van der Waals surface area contributed by atoms with E-state index in [1.165, 1.54) is 19.2 Å². The molecule has 0 aliphatic rings. The molecular weight excluding hydrogens is 533 g/mol. The monoisotopic (exact) mass is 561 g/mol. The third-order valence-electron chi connectivity index (χ3n) is 5.28. The maximum atomic E-state index is 13.9. The summed E-state index contributed by atoms with van der Waals surface area (Å²) in [6.45, 7) is 5.73. The van der Waals surface area contributed by atoms with Crippen molar-refractivity contribution in [1.29, 1.82) is 0 Å². The van der Waals surface area contributed by atoms with Crippen LogP contribution in [0.25, 0.3) is 10.9 Å². The van der Waals surface area contributed by atoms with Gasteiger partial charge in [0.1, 0.15) is 5.75 Å². The van der Waals surface area contributed by atoms with E-state index >= 15 is 0 Å². The minimum Gasteiger partial charge on any atom is -0.497 e. The predicted octanol–water partition coefficient (Wildman–Crippen LogP) is 5.74. The van der Waals surface area contributed by atoms with Gasteiger partial charge in [0, 0.05) is 28.1 Å². The van der Waals surface area contributed by atoms with Crippen LogP contribution in [0.15, 0.2) is 77.7 Å². The normalized spacial score (nSPS) is 11.9. The van der Waals surface area contributed by atoms with Crippen molar-refractivity contribution < 1.29 is 27.2 Å². The van der Waals surface area contributed by atoms with E-state index in [1.807, 2.05) is 19.9 Å². The molecule has 1 unspecified atom stereocenters. The average molecular weight is 562 g/mol. The molecule has 0 amide bonds. The van der Waals surface area contributed by atoms with Crippen molar-refractivity contribution >= 4 is 57.3 Å². The summed E-state index contributed by atoms with van der Waals surface area (Å²) in [5.41, 5.74) is 0.174. The smallest absolute Gasteiger partial charge is 0.356 e. The van der Waals surface area contributed by atoms with E-state index in [1.54, 1.807) is 68.6 Å². The molecule has 0 bridgehead atoms. The number of hydrogen-bond donors (Lipinski definition) is 0. The van der Waals surface area contributed by atoms with Crippen molar-refractivity contribution in [2.75, 3.05) is 20.8 Å². The zero-order valence-electron chi connectivity index (χ0n) is 21.3. The predicted molar refractivity (Wildman–Crippen MR) is 149 cm³/mol. The van der Waals surface area contributed by atoms with E-state index in [0.29, 0.717) is 27.0 Å². The largest absolute Gasteiger partial charge is 0.497 e. The lowest BCUT2D eigenvalue weighted by Gasteiger charge is -2.18. The summed E-state index contributed by atoms with van der Waals surface area (Å²) in [5, 5.41) is 1.99. The zero-order chi connectivity index (χ0) is 27.2. The van der Waals surface area contributed by atoms with Crippen molar-refractivity contribution in [3.05, 3.63) is 83.5 Å². The fourth-order valence-electron chi connectivity index (χ4n) is 3.81. The SMILES string of the molecule is CC.CCOC(=O)c1c(P(OC)c2cccc(OC)c2)c2cc(Cl)ccc2n1S(=O)(=O)c1ccccc1. The Morgan fingerprint density at radius 3 is 2.30 bits per heavy atom. The summed E-state index contributed by atoms with van der Waals surface area (Å²) in [6.07, 6.45) is 0. The number of rotatable bonds is 8. The van der Waals surface area contributed by atoms with Gasteiger partial charge < -0.3 is 14.0 Å². The van der Waals surface area contributed by atoms with Gasteiger partial charge in [-0.1, -0.05) is 55.8 Å². The van der Waals surface area contributed by atoms with Gasteiger partial charge in [-0.25, -0.2) is 17.2 Å². The highest BCUT2D eigenvalue weighted by atomic mass is 35.5. The molecule has 3 aromatic carbocycles. The van der Waals surface area contributed by atoms with Gasteiger partial charge in [-0.15, -0.1) is 0 Å². The van der Waals surface area contributed by atoms with E-state index in [0.717, 1.165) is 9.28 Å². The molecule has 0 spiro atoms. The highest BCUT2D eigenvalue weighted by Gasteiger charge is 2.35. The number of carbonyl (C=O) groups is 1. The van der Waals surface area contributed by atoms with Gasteiger partial charge in [0.05, 0.1) is 32.3 Å². The lowest BCUT2D eigenvalue weighted by molar-refractivity contribution is 0.0520. The molecule has 0 saturated heterocycles. The Kier molecular flexibility index (Phi) is 9.74. The second kappa shape index (κ2) is 12.6. The Hall–Kier alpha value is -2.90. The number of hydrogen-bond acceptors (Lipinski definition) is 6. The highest BCUT2D eigenvalue weighted by molar-refractivity contribution is 7.90. The topological polar surface area (TPSA) is 83.8 Å². The summed E-state index contributed by atoms with van der Waals surface area (Å²) in [7, 11) is -2.79. The molecule has 196 valence electrons. The first kappa shape index (κ1) is 28.7. The number of methoxy groups -OCH3 is 1. The first-order valence-electron chi connectivity index (χ1n) is 11.6. The minimum absolute atomic E-state index is 0.0343. The van der Waals surface area contributed by atoms with Gasteiger partial charge in [-0.2, -0.15) is 0 Å². The van der Waals surface area contributed by atoms with Gasteiger partial charge in [0.15, 0.2) is 5.69 Å². The third-order valence-corrected chi connectivity index (χ3v) is 9.22. The third kappa shape index (κ3) is 5.68. The molecule has 37 heavy (non-hydrogen) atoms. The summed E-state index contributed by atoms with van der Waals surface area (Å²) >= 11 is 6.34. The van der Waals surface area contributed by atoms with Crippen molar-refractivity contribution in [2.45, 2.75) is 25.7 Å². The average Bonchev–Trinajstić information content (AvgIpc) is 3.26.